The highest BCUT2D eigenvalue weighted by Gasteiger charge is 2.26. The highest BCUT2D eigenvalue weighted by molar-refractivity contribution is 6.30. The van der Waals surface area contributed by atoms with Gasteiger partial charge in [0.15, 0.2) is 6.20 Å². The van der Waals surface area contributed by atoms with E-state index in [1.807, 2.05) is 37.3 Å². The van der Waals surface area contributed by atoms with Gasteiger partial charge in [0.05, 0.1) is 10.8 Å². The van der Waals surface area contributed by atoms with Crippen LogP contribution in [0.5, 0.6) is 0 Å². The molecule has 2 heterocycles. The summed E-state index contributed by atoms with van der Waals surface area (Å²) in [5.41, 5.74) is 1.46. The van der Waals surface area contributed by atoms with Crippen LogP contribution < -0.4 is 4.57 Å². The van der Waals surface area contributed by atoms with Gasteiger partial charge in [0, 0.05) is 27.3 Å². The molecule has 0 amide bonds. The number of benzene rings is 3. The highest BCUT2D eigenvalue weighted by Crippen LogP contribution is 2.43. The van der Waals surface area contributed by atoms with E-state index in [0.717, 1.165) is 21.7 Å². The zero-order chi connectivity index (χ0) is 29.0. The molecule has 0 aliphatic rings. The van der Waals surface area contributed by atoms with E-state index in [0.29, 0.717) is 32.8 Å². The SMILES string of the molecule is [2H]C([2H])([2H])c1c[n+](C)c2c3c(C)cccc3c3ccc4c(C)c(C([2H])([2H])[2H])oc4c3c2c1C([2H])([2H])C(C)(C)C. The summed E-state index contributed by atoms with van der Waals surface area (Å²) in [6, 6.07) is 9.65. The maximum absolute atomic E-state index is 9.37. The molecule has 2 nitrogen and oxygen atoms in total. The molecule has 2 heteroatoms. The molecule has 0 radical (unpaired) electrons. The molecule has 5 rings (SSSR count). The van der Waals surface area contributed by atoms with E-state index >= 15 is 0 Å². The van der Waals surface area contributed by atoms with Gasteiger partial charge in [-0.2, -0.15) is 0 Å². The highest BCUT2D eigenvalue weighted by atomic mass is 16.3. The zero-order valence-corrected chi connectivity index (χ0v) is 18.8. The standard InChI is InChI=1S/C29H32NO/c1-16-10-9-11-21-22-13-12-20-18(3)19(4)31-28(20)26(22)25-23(14-29(5,6)7)17(2)15-30(8)27(25)24(16)21/h9-13,15H,14H2,1-8H3/q+1/i2D3,4D3,14D2. The first-order valence-corrected chi connectivity index (χ1v) is 10.5. The minimum Gasteiger partial charge on any atom is -0.460 e. The van der Waals surface area contributed by atoms with Crippen molar-refractivity contribution in [2.45, 2.75) is 54.7 Å². The molecule has 0 bridgehead atoms. The second-order valence-corrected chi connectivity index (χ2v) is 9.55. The molecule has 0 saturated heterocycles. The van der Waals surface area contributed by atoms with Gasteiger partial charge in [-0.1, -0.05) is 51.1 Å². The summed E-state index contributed by atoms with van der Waals surface area (Å²) in [5, 5.41) is 4.07. The van der Waals surface area contributed by atoms with Crippen molar-refractivity contribution in [1.82, 2.24) is 0 Å². The average Bonchev–Trinajstić information content (AvgIpc) is 3.14. The summed E-state index contributed by atoms with van der Waals surface area (Å²) in [6.45, 7) is 3.84. The lowest BCUT2D eigenvalue weighted by atomic mass is 9.82. The number of rotatable bonds is 1. The van der Waals surface area contributed by atoms with E-state index in [1.165, 1.54) is 6.20 Å². The Bertz CT molecular complexity index is 1820. The van der Waals surface area contributed by atoms with Crippen molar-refractivity contribution < 1.29 is 20.0 Å². The Morgan fingerprint density at radius 3 is 2.39 bits per heavy atom. The van der Waals surface area contributed by atoms with Crippen molar-refractivity contribution in [1.29, 1.82) is 0 Å². The Balaban J connectivity index is 2.27. The molecule has 0 spiro atoms. The zero-order valence-electron chi connectivity index (χ0n) is 26.8. The lowest BCUT2D eigenvalue weighted by Crippen LogP contribution is -2.31. The summed E-state index contributed by atoms with van der Waals surface area (Å²) in [5.74, 6) is -0.126. The van der Waals surface area contributed by atoms with Crippen LogP contribution in [0.15, 0.2) is 40.9 Å². The molecule has 0 atom stereocenters. The van der Waals surface area contributed by atoms with E-state index in [2.05, 4.69) is 0 Å². The third kappa shape index (κ3) is 2.88. The Kier molecular flexibility index (Phi) is 2.72. The van der Waals surface area contributed by atoms with Gasteiger partial charge in [0.25, 0.3) is 0 Å². The van der Waals surface area contributed by atoms with Crippen molar-refractivity contribution in [3.05, 3.63) is 64.5 Å². The summed E-state index contributed by atoms with van der Waals surface area (Å²) in [7, 11) is 1.77. The molecular formula is C29H32NO+. The first kappa shape index (κ1) is 12.9. The van der Waals surface area contributed by atoms with Crippen molar-refractivity contribution in [2.75, 3.05) is 0 Å². The molecule has 3 aromatic carbocycles. The molecule has 5 aromatic rings. The monoisotopic (exact) mass is 418 g/mol. The number of nitrogens with zero attached hydrogens (tertiary/aromatic N) is 1. The van der Waals surface area contributed by atoms with Gasteiger partial charge >= 0.3 is 0 Å². The molecule has 0 aliphatic carbocycles. The molecule has 31 heavy (non-hydrogen) atoms. The Hall–Kier alpha value is -2.87. The van der Waals surface area contributed by atoms with E-state index < -0.39 is 25.5 Å². The van der Waals surface area contributed by atoms with Crippen molar-refractivity contribution in [3.8, 4) is 0 Å². The maximum atomic E-state index is 9.37. The first-order chi connectivity index (χ1) is 17.8. The smallest absolute Gasteiger partial charge is 0.221 e. The molecular weight excluding hydrogens is 378 g/mol. The van der Waals surface area contributed by atoms with E-state index in [4.69, 9.17) is 12.6 Å². The normalized spacial score (nSPS) is 17.7. The van der Waals surface area contributed by atoms with Crippen LogP contribution in [-0.2, 0) is 13.4 Å². The van der Waals surface area contributed by atoms with Gasteiger partial charge in [0.2, 0.25) is 5.52 Å². The largest absolute Gasteiger partial charge is 0.460 e. The number of fused-ring (bicyclic) bond motifs is 8. The Labute approximate surface area is 195 Å². The lowest BCUT2D eigenvalue weighted by molar-refractivity contribution is -0.644. The number of pyridine rings is 1. The van der Waals surface area contributed by atoms with Gasteiger partial charge in [-0.25, -0.2) is 4.57 Å². The van der Waals surface area contributed by atoms with Gasteiger partial charge < -0.3 is 4.42 Å². The number of hydrogen-bond donors (Lipinski definition) is 0. The van der Waals surface area contributed by atoms with E-state index in [9.17, 15) is 2.74 Å². The maximum Gasteiger partial charge on any atom is 0.221 e. The lowest BCUT2D eigenvalue weighted by Gasteiger charge is -2.22. The third-order valence-corrected chi connectivity index (χ3v) is 6.09. The van der Waals surface area contributed by atoms with Crippen molar-refractivity contribution in [2.24, 2.45) is 12.5 Å². The number of furan rings is 1. The van der Waals surface area contributed by atoms with Crippen LogP contribution in [-0.4, -0.2) is 0 Å². The number of aromatic nitrogens is 1. The minimum atomic E-state index is -2.61. The summed E-state index contributed by atoms with van der Waals surface area (Å²) in [6.07, 6.45) is -0.559. The first-order valence-electron chi connectivity index (χ1n) is 14.5. The number of aryl methyl sites for hydroxylation is 5. The second kappa shape index (κ2) is 6.56. The van der Waals surface area contributed by atoms with E-state index in [-0.39, 0.29) is 16.9 Å². The molecule has 0 saturated carbocycles. The van der Waals surface area contributed by atoms with Crippen LogP contribution in [0.2, 0.25) is 0 Å². The van der Waals surface area contributed by atoms with Crippen LogP contribution >= 0.6 is 0 Å². The fraction of sp³-hybridized carbons (Fsp3) is 0.345. The van der Waals surface area contributed by atoms with Crippen molar-refractivity contribution in [3.63, 3.8) is 0 Å². The Morgan fingerprint density at radius 2 is 1.68 bits per heavy atom. The van der Waals surface area contributed by atoms with Crippen LogP contribution in [0.1, 0.15) is 59.8 Å². The molecule has 0 N–H and O–H groups in total. The van der Waals surface area contributed by atoms with Crippen molar-refractivity contribution >= 4 is 43.4 Å². The van der Waals surface area contributed by atoms with Crippen LogP contribution in [0.3, 0.4) is 0 Å². The fourth-order valence-electron chi connectivity index (χ4n) is 4.77. The van der Waals surface area contributed by atoms with Gasteiger partial charge in [-0.05, 0) is 66.8 Å². The van der Waals surface area contributed by atoms with Crippen LogP contribution in [0.25, 0.3) is 43.4 Å². The van der Waals surface area contributed by atoms with Gasteiger partial charge in [0.1, 0.15) is 18.4 Å². The summed E-state index contributed by atoms with van der Waals surface area (Å²) >= 11 is 0. The van der Waals surface area contributed by atoms with Gasteiger partial charge in [-0.3, -0.25) is 0 Å². The molecule has 2 aromatic heterocycles. The predicted octanol–water partition coefficient (Wildman–Crippen LogP) is 7.54. The quantitative estimate of drug-likeness (QED) is 0.203. The van der Waals surface area contributed by atoms with E-state index in [1.54, 1.807) is 39.3 Å². The summed E-state index contributed by atoms with van der Waals surface area (Å²) < 4.78 is 76.1. The summed E-state index contributed by atoms with van der Waals surface area (Å²) in [4.78, 5) is 0. The molecule has 0 aliphatic heterocycles. The molecule has 158 valence electrons. The second-order valence-electron chi connectivity index (χ2n) is 9.55. The fourth-order valence-corrected chi connectivity index (χ4v) is 4.77. The van der Waals surface area contributed by atoms with Gasteiger partial charge in [-0.15, -0.1) is 0 Å². The average molecular weight is 419 g/mol. The third-order valence-electron chi connectivity index (χ3n) is 6.09. The van der Waals surface area contributed by atoms with Crippen LogP contribution in [0.4, 0.5) is 0 Å². The minimum absolute atomic E-state index is 0.0789. The predicted molar refractivity (Wildman–Crippen MR) is 132 cm³/mol. The topological polar surface area (TPSA) is 17.0 Å². The number of hydrogen-bond acceptors (Lipinski definition) is 1. The molecule has 0 unspecified atom stereocenters. The molecule has 0 fully saturated rings. The Morgan fingerprint density at radius 1 is 0.935 bits per heavy atom. The van der Waals surface area contributed by atoms with Crippen LogP contribution in [0, 0.1) is 33.0 Å².